The molecule has 2 unspecified atom stereocenters. The van der Waals surface area contributed by atoms with Crippen molar-refractivity contribution in [3.63, 3.8) is 0 Å². The van der Waals surface area contributed by atoms with Crippen molar-refractivity contribution >= 4 is 24.4 Å². The zero-order chi connectivity index (χ0) is 28.3. The molecule has 2 aliphatic rings. The van der Waals surface area contributed by atoms with Gasteiger partial charge in [0.1, 0.15) is 0 Å². The predicted molar refractivity (Wildman–Crippen MR) is 160 cm³/mol. The number of hydrogen-bond acceptors (Lipinski definition) is 3. The number of likely N-dealkylation sites (tertiary alicyclic amines) is 2. The number of carbonyl (C=O) groups is 2. The second-order valence-electron chi connectivity index (χ2n) is 10.9. The van der Waals surface area contributed by atoms with Crippen molar-refractivity contribution in [2.45, 2.75) is 105 Å². The molecule has 0 spiro atoms. The van der Waals surface area contributed by atoms with Gasteiger partial charge < -0.3 is 9.80 Å². The molecule has 0 aliphatic carbocycles. The third-order valence-corrected chi connectivity index (χ3v) is 7.29. The first-order valence-electron chi connectivity index (χ1n) is 14.5. The largest absolute Gasteiger partial charge is 0.345 e. The Labute approximate surface area is 233 Å². The zero-order valence-corrected chi connectivity index (χ0v) is 25.9. The van der Waals surface area contributed by atoms with Gasteiger partial charge in [-0.1, -0.05) is 64.8 Å². The first-order valence-corrected chi connectivity index (χ1v) is 14.9. The number of nitrogens with zero attached hydrogens (tertiary/aromatic N) is 3. The van der Waals surface area contributed by atoms with Crippen LogP contribution in [0.4, 0.5) is 0 Å². The number of carbonyl (C=O) groups excluding carboxylic acids is 2. The minimum absolute atomic E-state index is 0.293. The summed E-state index contributed by atoms with van der Waals surface area (Å²) >= 11 is 5.91. The van der Waals surface area contributed by atoms with Gasteiger partial charge in [-0.2, -0.15) is 0 Å². The van der Waals surface area contributed by atoms with Crippen LogP contribution in [0.3, 0.4) is 0 Å². The molecule has 37 heavy (non-hydrogen) atoms. The lowest BCUT2D eigenvalue weighted by atomic mass is 9.98. The molecule has 0 bridgehead atoms. The second kappa shape index (κ2) is 20.4. The fourth-order valence-corrected chi connectivity index (χ4v) is 4.44. The van der Waals surface area contributed by atoms with Crippen LogP contribution in [0.5, 0.6) is 0 Å². The quantitative estimate of drug-likeness (QED) is 0.306. The van der Waals surface area contributed by atoms with Crippen molar-refractivity contribution in [1.29, 1.82) is 0 Å². The fraction of sp³-hybridized carbons (Fsp3) is 0.742. The van der Waals surface area contributed by atoms with Gasteiger partial charge >= 0.3 is 0 Å². The van der Waals surface area contributed by atoms with E-state index in [1.54, 1.807) is 4.90 Å². The van der Waals surface area contributed by atoms with E-state index >= 15 is 0 Å². The van der Waals surface area contributed by atoms with Crippen LogP contribution < -0.4 is 0 Å². The van der Waals surface area contributed by atoms with E-state index in [4.69, 9.17) is 11.6 Å². The van der Waals surface area contributed by atoms with E-state index in [0.717, 1.165) is 62.8 Å². The Morgan fingerprint density at radius 3 is 2.03 bits per heavy atom. The molecule has 0 N–H and O–H groups in total. The van der Waals surface area contributed by atoms with E-state index in [-0.39, 0.29) is 0 Å². The predicted octanol–water partition coefficient (Wildman–Crippen LogP) is 7.48. The number of halogens is 1. The molecule has 0 aromatic heterocycles. The molecule has 214 valence electrons. The van der Waals surface area contributed by atoms with Crippen molar-refractivity contribution in [1.82, 2.24) is 14.7 Å². The maximum atomic E-state index is 10.5. The summed E-state index contributed by atoms with van der Waals surface area (Å²) in [6, 6.07) is 8.32. The van der Waals surface area contributed by atoms with Crippen molar-refractivity contribution in [2.24, 2.45) is 5.92 Å². The molecule has 5 nitrogen and oxygen atoms in total. The van der Waals surface area contributed by atoms with E-state index in [1.165, 1.54) is 44.3 Å². The topological polar surface area (TPSA) is 43.9 Å². The molecule has 3 rings (SSSR count). The first-order chi connectivity index (χ1) is 17.6. The highest BCUT2D eigenvalue weighted by atomic mass is 35.5. The summed E-state index contributed by atoms with van der Waals surface area (Å²) in [5.41, 5.74) is 1.72. The average Bonchev–Trinajstić information content (AvgIpc) is 3.61. The van der Waals surface area contributed by atoms with E-state index in [1.807, 2.05) is 30.9 Å². The molecular formula is C31H56ClN3O2. The van der Waals surface area contributed by atoms with Crippen LogP contribution in [0.1, 0.15) is 105 Å². The number of amides is 2. The Morgan fingerprint density at radius 2 is 1.62 bits per heavy atom. The molecule has 0 saturated carbocycles. The van der Waals surface area contributed by atoms with E-state index in [9.17, 15) is 9.59 Å². The van der Waals surface area contributed by atoms with Gasteiger partial charge in [-0.25, -0.2) is 0 Å². The molecule has 2 saturated heterocycles. The molecule has 2 aliphatic heterocycles. The Kier molecular flexibility index (Phi) is 19.5. The Bertz CT molecular complexity index is 699. The second-order valence-corrected chi connectivity index (χ2v) is 11.4. The van der Waals surface area contributed by atoms with E-state index < -0.39 is 0 Å². The zero-order valence-electron chi connectivity index (χ0n) is 25.1. The lowest BCUT2D eigenvalue weighted by Gasteiger charge is -2.31. The Balaban J connectivity index is 0.000000544. The monoisotopic (exact) mass is 537 g/mol. The molecule has 0 radical (unpaired) electrons. The Morgan fingerprint density at radius 1 is 1.03 bits per heavy atom. The molecule has 1 aromatic carbocycles. The fourth-order valence-electron chi connectivity index (χ4n) is 4.32. The molecule has 2 atom stereocenters. The lowest BCUT2D eigenvalue weighted by Crippen LogP contribution is -2.39. The Hall–Kier alpha value is -1.59. The van der Waals surface area contributed by atoms with E-state index in [2.05, 4.69) is 58.6 Å². The van der Waals surface area contributed by atoms with Gasteiger partial charge in [-0.3, -0.25) is 14.5 Å². The standard InChI is InChI=1S/C14H20ClN.C10H21NO.C5H9NO.C2H6/c1-14(2,3)16-9-8-12(10-16)11-4-6-13(15)7-5-11;1-4-7-11(9-12)8-6-10(3)5-2;7-5-6-3-1-2-4-6;1-2/h4-7,12H,8-10H2,1-3H3;9-10H,4-8H2,1-3H3;5H,1-4H2;1-2H3. The SMILES string of the molecule is CC.CC(C)(C)N1CCC(c2ccc(Cl)cc2)C1.CCCN(C=O)CCC(C)CC.O=CN1CCCC1. The van der Waals surface area contributed by atoms with Crippen molar-refractivity contribution in [3.05, 3.63) is 34.9 Å². The van der Waals surface area contributed by atoms with Crippen molar-refractivity contribution in [2.75, 3.05) is 39.3 Å². The average molecular weight is 538 g/mol. The summed E-state index contributed by atoms with van der Waals surface area (Å²) in [5.74, 6) is 1.42. The van der Waals surface area contributed by atoms with E-state index in [0.29, 0.717) is 11.5 Å². The molecule has 2 heterocycles. The molecule has 2 fully saturated rings. The normalized spacial score (nSPS) is 17.9. The van der Waals surface area contributed by atoms with Gasteiger partial charge in [-0.05, 0) is 89.0 Å². The van der Waals surface area contributed by atoms with Gasteiger partial charge in [-0.15, -0.1) is 0 Å². The van der Waals surface area contributed by atoms with Gasteiger partial charge in [0.05, 0.1) is 0 Å². The number of hydrogen-bond donors (Lipinski definition) is 0. The summed E-state index contributed by atoms with van der Waals surface area (Å²) in [6.07, 6.45) is 8.93. The molecule has 2 amide bonds. The van der Waals surface area contributed by atoms with Crippen molar-refractivity contribution < 1.29 is 9.59 Å². The van der Waals surface area contributed by atoms with Crippen LogP contribution in [0.2, 0.25) is 5.02 Å². The van der Waals surface area contributed by atoms with Crippen LogP contribution in [0, 0.1) is 5.92 Å². The maximum absolute atomic E-state index is 10.5. The molecular weight excluding hydrogens is 482 g/mol. The summed E-state index contributed by atoms with van der Waals surface area (Å²) < 4.78 is 0. The summed E-state index contributed by atoms with van der Waals surface area (Å²) in [4.78, 5) is 26.7. The third-order valence-electron chi connectivity index (χ3n) is 7.03. The summed E-state index contributed by atoms with van der Waals surface area (Å²) in [5, 5.41) is 0.828. The van der Waals surface area contributed by atoms with Crippen LogP contribution in [0.15, 0.2) is 24.3 Å². The van der Waals surface area contributed by atoms with Gasteiger partial charge in [0, 0.05) is 43.3 Å². The van der Waals surface area contributed by atoms with Gasteiger partial charge in [0.15, 0.2) is 0 Å². The highest BCUT2D eigenvalue weighted by molar-refractivity contribution is 6.30. The first kappa shape index (κ1) is 35.4. The highest BCUT2D eigenvalue weighted by Crippen LogP contribution is 2.31. The minimum Gasteiger partial charge on any atom is -0.345 e. The van der Waals surface area contributed by atoms with Crippen LogP contribution in [-0.4, -0.2) is 72.3 Å². The van der Waals surface area contributed by atoms with Crippen molar-refractivity contribution in [3.8, 4) is 0 Å². The van der Waals surface area contributed by atoms with Crippen LogP contribution in [0.25, 0.3) is 0 Å². The van der Waals surface area contributed by atoms with Gasteiger partial charge in [0.25, 0.3) is 0 Å². The third kappa shape index (κ3) is 15.4. The summed E-state index contributed by atoms with van der Waals surface area (Å²) in [7, 11) is 0. The van der Waals surface area contributed by atoms with Crippen LogP contribution in [-0.2, 0) is 9.59 Å². The minimum atomic E-state index is 0.293. The molecule has 6 heteroatoms. The summed E-state index contributed by atoms with van der Waals surface area (Å²) in [6.45, 7) is 23.5. The lowest BCUT2D eigenvalue weighted by molar-refractivity contribution is -0.118. The smallest absolute Gasteiger partial charge is 0.209 e. The number of rotatable bonds is 9. The maximum Gasteiger partial charge on any atom is 0.209 e. The highest BCUT2D eigenvalue weighted by Gasteiger charge is 2.30. The molecule has 1 aromatic rings. The van der Waals surface area contributed by atoms with Crippen LogP contribution >= 0.6 is 11.6 Å². The number of benzene rings is 1. The van der Waals surface area contributed by atoms with Gasteiger partial charge in [0.2, 0.25) is 12.8 Å².